The molecular weight excluding hydrogens is 659 g/mol. The Morgan fingerprint density at radius 1 is 0.980 bits per heavy atom. The van der Waals surface area contributed by atoms with Gasteiger partial charge in [0.2, 0.25) is 11.9 Å². The summed E-state index contributed by atoms with van der Waals surface area (Å²) in [4.78, 5) is 39.2. The van der Waals surface area contributed by atoms with Crippen LogP contribution in [-0.2, 0) is 17.4 Å². The summed E-state index contributed by atoms with van der Waals surface area (Å²) >= 11 is 0. The van der Waals surface area contributed by atoms with E-state index in [1.54, 1.807) is 31.2 Å². The summed E-state index contributed by atoms with van der Waals surface area (Å²) in [5.41, 5.74) is 0.132. The molecule has 3 unspecified atom stereocenters. The van der Waals surface area contributed by atoms with Gasteiger partial charge in [0.15, 0.2) is 0 Å². The van der Waals surface area contributed by atoms with E-state index in [1.807, 2.05) is 0 Å². The zero-order chi connectivity index (χ0) is 36.0. The molecule has 1 aromatic carbocycles. The highest BCUT2D eigenvalue weighted by atomic mass is 19.4. The number of hydrogen-bond acceptors (Lipinski definition) is 8. The normalized spacial score (nSPS) is 25.4. The molecule has 2 amide bonds. The molecule has 1 aliphatic heterocycles. The van der Waals surface area contributed by atoms with Gasteiger partial charge in [-0.1, -0.05) is 6.42 Å². The monoisotopic (exact) mass is 713 g/mol. The van der Waals surface area contributed by atoms with Gasteiger partial charge in [0, 0.05) is 74.2 Å². The van der Waals surface area contributed by atoms with E-state index in [1.165, 1.54) is 32.5 Å². The van der Waals surface area contributed by atoms with Crippen LogP contribution in [0, 0.1) is 17.8 Å². The van der Waals surface area contributed by atoms with E-state index in [0.717, 1.165) is 70.2 Å². The number of nitrogens with one attached hydrogen (secondary N) is 3. The summed E-state index contributed by atoms with van der Waals surface area (Å²) in [5.74, 6) is 0.642. The Labute approximate surface area is 299 Å². The predicted molar refractivity (Wildman–Crippen MR) is 189 cm³/mol. The lowest BCUT2D eigenvalue weighted by Gasteiger charge is -2.42. The lowest BCUT2D eigenvalue weighted by atomic mass is 9.89. The van der Waals surface area contributed by atoms with Crippen molar-refractivity contribution in [3.05, 3.63) is 47.3 Å². The van der Waals surface area contributed by atoms with Crippen LogP contribution in [0.5, 0.6) is 0 Å². The standard InChI is InChI=1S/C38H54F3N7O3/c1-25(24-49)43-36(51)32-6-2-4-27(32)5-3-7-34-33(38(39,40)41)22-42-37(46-34)45-30-12-10-28(11-13-30)35(50)44-29-14-16-31(17-15-29)48-20-18-47(19-21-48)23-26-8-9-26/h10-13,22,25-27,29,31-32,49H,2-9,14-21,23-24H2,1H3,(H,43,51)(H,44,50)(H,42,45,46). The molecule has 1 saturated heterocycles. The summed E-state index contributed by atoms with van der Waals surface area (Å²) in [6.07, 6.45) is 6.78. The van der Waals surface area contributed by atoms with Crippen molar-refractivity contribution in [3.8, 4) is 0 Å². The van der Waals surface area contributed by atoms with Crippen LogP contribution in [0.15, 0.2) is 30.5 Å². The van der Waals surface area contributed by atoms with E-state index in [2.05, 4.69) is 35.7 Å². The molecule has 2 heterocycles. The van der Waals surface area contributed by atoms with Crippen molar-refractivity contribution in [1.82, 2.24) is 30.4 Å². The van der Waals surface area contributed by atoms with Crippen LogP contribution in [-0.4, -0.2) is 94.1 Å². The number of carbonyl (C=O) groups excluding carboxylic acids is 2. The third kappa shape index (κ3) is 10.4. The summed E-state index contributed by atoms with van der Waals surface area (Å²) < 4.78 is 41.7. The van der Waals surface area contributed by atoms with Gasteiger partial charge in [0.1, 0.15) is 0 Å². The molecule has 6 rings (SSSR count). The molecular formula is C38H54F3N7O3. The van der Waals surface area contributed by atoms with Crippen LogP contribution >= 0.6 is 0 Å². The third-order valence-electron chi connectivity index (χ3n) is 11.4. The van der Waals surface area contributed by atoms with Crippen molar-refractivity contribution in [1.29, 1.82) is 0 Å². The molecule has 0 bridgehead atoms. The van der Waals surface area contributed by atoms with Gasteiger partial charge in [-0.2, -0.15) is 13.2 Å². The SMILES string of the molecule is CC(CO)NC(=O)C1CCCC1CCCc1nc(Nc2ccc(C(=O)NC3CCC(N4CCN(CC5CC5)CC4)CC3)cc2)ncc1C(F)(F)F. The highest BCUT2D eigenvalue weighted by Crippen LogP contribution is 2.37. The van der Waals surface area contributed by atoms with Crippen LogP contribution in [0.4, 0.5) is 24.8 Å². The number of amides is 2. The third-order valence-corrected chi connectivity index (χ3v) is 11.4. The molecule has 10 nitrogen and oxygen atoms in total. The van der Waals surface area contributed by atoms with Crippen molar-refractivity contribution in [3.63, 3.8) is 0 Å². The smallest absolute Gasteiger partial charge is 0.394 e. The highest BCUT2D eigenvalue weighted by Gasteiger charge is 2.36. The second-order valence-electron chi connectivity index (χ2n) is 15.3. The molecule has 0 spiro atoms. The molecule has 1 aromatic heterocycles. The van der Waals surface area contributed by atoms with Crippen LogP contribution < -0.4 is 16.0 Å². The molecule has 3 atom stereocenters. The number of aliphatic hydroxyl groups excluding tert-OH is 1. The number of benzene rings is 1. The van der Waals surface area contributed by atoms with Crippen molar-refractivity contribution in [2.75, 3.05) is 44.6 Å². The molecule has 3 aliphatic carbocycles. The van der Waals surface area contributed by atoms with Crippen molar-refractivity contribution in [2.45, 2.75) is 108 Å². The minimum absolute atomic E-state index is 0.0485. The number of alkyl halides is 3. The van der Waals surface area contributed by atoms with E-state index in [9.17, 15) is 27.9 Å². The number of halogens is 3. The number of carbonyl (C=O) groups is 2. The Morgan fingerprint density at radius 2 is 1.71 bits per heavy atom. The molecule has 3 saturated carbocycles. The minimum Gasteiger partial charge on any atom is -0.394 e. The van der Waals surface area contributed by atoms with Crippen molar-refractivity contribution in [2.24, 2.45) is 17.8 Å². The van der Waals surface area contributed by atoms with Gasteiger partial charge in [-0.15, -0.1) is 0 Å². The lowest BCUT2D eigenvalue weighted by molar-refractivity contribution is -0.138. The average molecular weight is 714 g/mol. The fourth-order valence-electron chi connectivity index (χ4n) is 8.22. The van der Waals surface area contributed by atoms with Gasteiger partial charge in [0.25, 0.3) is 5.91 Å². The molecule has 280 valence electrons. The summed E-state index contributed by atoms with van der Waals surface area (Å²) in [6.45, 7) is 7.47. The first kappa shape index (κ1) is 37.5. The molecule has 4 fully saturated rings. The Morgan fingerprint density at radius 3 is 2.37 bits per heavy atom. The molecule has 2 aromatic rings. The first-order chi connectivity index (χ1) is 24.6. The zero-order valence-electron chi connectivity index (χ0n) is 29.8. The largest absolute Gasteiger partial charge is 0.419 e. The molecule has 51 heavy (non-hydrogen) atoms. The maximum Gasteiger partial charge on any atom is 0.419 e. The van der Waals surface area contributed by atoms with Gasteiger partial charge in [-0.3, -0.25) is 14.5 Å². The molecule has 4 aliphatic rings. The van der Waals surface area contributed by atoms with E-state index >= 15 is 0 Å². The number of piperazine rings is 1. The first-order valence-corrected chi connectivity index (χ1v) is 19.0. The fraction of sp³-hybridized carbons (Fsp3) is 0.684. The Balaban J connectivity index is 0.973. The second kappa shape index (κ2) is 17.0. The average Bonchev–Trinajstić information content (AvgIpc) is 3.81. The van der Waals surface area contributed by atoms with Crippen LogP contribution in [0.2, 0.25) is 0 Å². The summed E-state index contributed by atoms with van der Waals surface area (Å²) in [5, 5.41) is 18.3. The molecule has 13 heteroatoms. The zero-order valence-corrected chi connectivity index (χ0v) is 29.8. The van der Waals surface area contributed by atoms with Gasteiger partial charge in [-0.25, -0.2) is 9.97 Å². The number of anilines is 2. The predicted octanol–water partition coefficient (Wildman–Crippen LogP) is 5.54. The number of aryl methyl sites for hydroxylation is 1. The number of aromatic nitrogens is 2. The maximum atomic E-state index is 13.9. The van der Waals surface area contributed by atoms with E-state index in [-0.39, 0.29) is 60.4 Å². The van der Waals surface area contributed by atoms with Gasteiger partial charge in [0.05, 0.1) is 17.9 Å². The Hall–Kier alpha value is -3.29. The summed E-state index contributed by atoms with van der Waals surface area (Å²) in [7, 11) is 0. The van der Waals surface area contributed by atoms with E-state index < -0.39 is 11.7 Å². The second-order valence-corrected chi connectivity index (χ2v) is 15.3. The maximum absolute atomic E-state index is 13.9. The Bertz CT molecular complexity index is 1460. The van der Waals surface area contributed by atoms with E-state index in [4.69, 9.17) is 0 Å². The number of nitrogens with zero attached hydrogens (tertiary/aromatic N) is 4. The van der Waals surface area contributed by atoms with Crippen molar-refractivity contribution < 1.29 is 27.9 Å². The first-order valence-electron chi connectivity index (χ1n) is 19.0. The lowest BCUT2D eigenvalue weighted by Crippen LogP contribution is -2.52. The van der Waals surface area contributed by atoms with Gasteiger partial charge < -0.3 is 26.0 Å². The van der Waals surface area contributed by atoms with Crippen LogP contribution in [0.3, 0.4) is 0 Å². The quantitative estimate of drug-likeness (QED) is 0.201. The minimum atomic E-state index is -4.59. The number of aliphatic hydroxyl groups is 1. The topological polar surface area (TPSA) is 123 Å². The number of rotatable bonds is 14. The van der Waals surface area contributed by atoms with Gasteiger partial charge in [-0.05, 0) is 114 Å². The fourth-order valence-corrected chi connectivity index (χ4v) is 8.22. The molecule has 4 N–H and O–H groups in total. The van der Waals surface area contributed by atoms with Crippen molar-refractivity contribution >= 4 is 23.5 Å². The Kier molecular flexibility index (Phi) is 12.5. The van der Waals surface area contributed by atoms with Gasteiger partial charge >= 0.3 is 6.18 Å². The molecule has 0 radical (unpaired) electrons. The highest BCUT2D eigenvalue weighted by molar-refractivity contribution is 5.94. The van der Waals surface area contributed by atoms with Crippen LogP contribution in [0.1, 0.15) is 99.2 Å². The summed E-state index contributed by atoms with van der Waals surface area (Å²) in [6, 6.07) is 7.22. The van der Waals surface area contributed by atoms with E-state index in [0.29, 0.717) is 30.1 Å². The van der Waals surface area contributed by atoms with Crippen LogP contribution in [0.25, 0.3) is 0 Å². The number of hydrogen-bond donors (Lipinski definition) is 4.